The maximum atomic E-state index is 12.1. The second kappa shape index (κ2) is 4.98. The van der Waals surface area contributed by atoms with Gasteiger partial charge in [-0.25, -0.2) is 0 Å². The van der Waals surface area contributed by atoms with Crippen LogP contribution in [0.15, 0.2) is 0 Å². The Bertz CT molecular complexity index is 160. The molecule has 0 heterocycles. The summed E-state index contributed by atoms with van der Waals surface area (Å²) >= 11 is 0. The Morgan fingerprint density at radius 2 is 1.43 bits per heavy atom. The van der Waals surface area contributed by atoms with E-state index in [4.69, 9.17) is 5.11 Å². The number of nitrogens with zero attached hydrogens (tertiary/aromatic N) is 1. The van der Waals surface area contributed by atoms with Crippen molar-refractivity contribution in [1.82, 2.24) is 4.90 Å². The van der Waals surface area contributed by atoms with E-state index in [9.17, 15) is 13.2 Å². The van der Waals surface area contributed by atoms with Gasteiger partial charge in [0.2, 0.25) is 0 Å². The number of hydrogen-bond acceptors (Lipinski definition) is 2. The van der Waals surface area contributed by atoms with Crippen molar-refractivity contribution in [2.24, 2.45) is 0 Å². The molecule has 0 amide bonds. The summed E-state index contributed by atoms with van der Waals surface area (Å²) in [7, 11) is 0. The predicted octanol–water partition coefficient (Wildman–Crippen LogP) is 2.03. The molecule has 14 heavy (non-hydrogen) atoms. The Hall–Kier alpha value is -0.290. The van der Waals surface area contributed by atoms with Crippen LogP contribution in [0.5, 0.6) is 0 Å². The highest BCUT2D eigenvalue weighted by Gasteiger charge is 2.39. The lowest BCUT2D eigenvalue weighted by molar-refractivity contribution is -0.210. The maximum Gasteiger partial charge on any atom is 0.415 e. The van der Waals surface area contributed by atoms with Gasteiger partial charge in [0.15, 0.2) is 6.10 Å². The van der Waals surface area contributed by atoms with Crippen LogP contribution in [0.25, 0.3) is 0 Å². The van der Waals surface area contributed by atoms with Crippen LogP contribution in [0.1, 0.15) is 27.7 Å². The van der Waals surface area contributed by atoms with Crippen molar-refractivity contribution in [3.05, 3.63) is 0 Å². The van der Waals surface area contributed by atoms with Crippen molar-refractivity contribution in [3.8, 4) is 0 Å². The van der Waals surface area contributed by atoms with E-state index in [2.05, 4.69) is 0 Å². The monoisotopic (exact) mass is 213 g/mol. The average Bonchev–Trinajstić information content (AvgIpc) is 1.96. The molecule has 0 aromatic heterocycles. The smallest absolute Gasteiger partial charge is 0.382 e. The van der Waals surface area contributed by atoms with Gasteiger partial charge in [0, 0.05) is 18.6 Å². The van der Waals surface area contributed by atoms with Gasteiger partial charge in [0.05, 0.1) is 0 Å². The molecule has 0 aromatic carbocycles. The molecular formula is C9H18F3NO. The third-order valence-electron chi connectivity index (χ3n) is 2.09. The second-order valence-electron chi connectivity index (χ2n) is 3.94. The van der Waals surface area contributed by atoms with Crippen LogP contribution in [0.3, 0.4) is 0 Å². The fourth-order valence-corrected chi connectivity index (χ4v) is 1.32. The van der Waals surface area contributed by atoms with Gasteiger partial charge in [-0.3, -0.25) is 4.90 Å². The van der Waals surface area contributed by atoms with Crippen molar-refractivity contribution in [1.29, 1.82) is 0 Å². The summed E-state index contributed by atoms with van der Waals surface area (Å²) in [6.07, 6.45) is -6.78. The van der Waals surface area contributed by atoms with Crippen molar-refractivity contribution in [2.75, 3.05) is 6.54 Å². The Balaban J connectivity index is 4.31. The number of aliphatic hydroxyl groups excluding tert-OH is 1. The van der Waals surface area contributed by atoms with Gasteiger partial charge >= 0.3 is 6.18 Å². The van der Waals surface area contributed by atoms with Gasteiger partial charge in [-0.15, -0.1) is 0 Å². The highest BCUT2D eigenvalue weighted by molar-refractivity contribution is 4.75. The Morgan fingerprint density at radius 1 is 1.07 bits per heavy atom. The van der Waals surface area contributed by atoms with E-state index in [1.807, 2.05) is 27.7 Å². The van der Waals surface area contributed by atoms with Crippen LogP contribution in [0, 0.1) is 0 Å². The van der Waals surface area contributed by atoms with E-state index >= 15 is 0 Å². The molecule has 2 nitrogen and oxygen atoms in total. The highest BCUT2D eigenvalue weighted by atomic mass is 19.4. The quantitative estimate of drug-likeness (QED) is 0.772. The lowest BCUT2D eigenvalue weighted by atomic mass is 10.2. The standard InChI is InChI=1S/C9H18F3NO/c1-6(2)13(7(3)4)5-8(14)9(10,11)12/h6-8,14H,5H2,1-4H3/t8-/m0/s1. The molecule has 1 N–H and O–H groups in total. The van der Waals surface area contributed by atoms with E-state index in [-0.39, 0.29) is 18.6 Å². The molecule has 1 atom stereocenters. The second-order valence-corrected chi connectivity index (χ2v) is 3.94. The van der Waals surface area contributed by atoms with Gasteiger partial charge in [-0.05, 0) is 27.7 Å². The van der Waals surface area contributed by atoms with Gasteiger partial charge in [0.1, 0.15) is 0 Å². The maximum absolute atomic E-state index is 12.1. The summed E-state index contributed by atoms with van der Waals surface area (Å²) in [6, 6.07) is -0.0148. The summed E-state index contributed by atoms with van der Waals surface area (Å²) in [5, 5.41) is 8.89. The SMILES string of the molecule is CC(C)N(C[C@H](O)C(F)(F)F)C(C)C. The van der Waals surface area contributed by atoms with Crippen LogP contribution in [-0.2, 0) is 0 Å². The molecular weight excluding hydrogens is 195 g/mol. The zero-order valence-electron chi connectivity index (χ0n) is 8.97. The third-order valence-corrected chi connectivity index (χ3v) is 2.09. The van der Waals surface area contributed by atoms with Gasteiger partial charge in [-0.1, -0.05) is 0 Å². The topological polar surface area (TPSA) is 23.5 Å². The number of rotatable bonds is 4. The summed E-state index contributed by atoms with van der Waals surface area (Å²) in [6.45, 7) is 6.87. The number of alkyl halides is 3. The normalized spacial score (nSPS) is 15.6. The summed E-state index contributed by atoms with van der Waals surface area (Å²) in [5.74, 6) is 0. The molecule has 0 radical (unpaired) electrons. The van der Waals surface area contributed by atoms with E-state index in [1.54, 1.807) is 4.90 Å². The highest BCUT2D eigenvalue weighted by Crippen LogP contribution is 2.21. The summed E-state index contributed by atoms with van der Waals surface area (Å²) < 4.78 is 36.2. The molecule has 86 valence electrons. The first-order chi connectivity index (χ1) is 6.16. The molecule has 0 aliphatic carbocycles. The van der Waals surface area contributed by atoms with Crippen molar-refractivity contribution < 1.29 is 18.3 Å². The average molecular weight is 213 g/mol. The fraction of sp³-hybridized carbons (Fsp3) is 1.00. The number of hydrogen-bond donors (Lipinski definition) is 1. The first-order valence-corrected chi connectivity index (χ1v) is 4.66. The van der Waals surface area contributed by atoms with Gasteiger partial charge in [-0.2, -0.15) is 13.2 Å². The van der Waals surface area contributed by atoms with Crippen molar-refractivity contribution in [2.45, 2.75) is 52.1 Å². The predicted molar refractivity (Wildman–Crippen MR) is 49.0 cm³/mol. The van der Waals surface area contributed by atoms with E-state index in [1.165, 1.54) is 0 Å². The van der Waals surface area contributed by atoms with Gasteiger partial charge < -0.3 is 5.11 Å². The van der Waals surface area contributed by atoms with Crippen LogP contribution < -0.4 is 0 Å². The molecule has 0 aliphatic rings. The zero-order valence-corrected chi connectivity index (χ0v) is 8.97. The molecule has 0 aliphatic heterocycles. The minimum absolute atomic E-state index is 0.00741. The van der Waals surface area contributed by atoms with Crippen molar-refractivity contribution in [3.63, 3.8) is 0 Å². The van der Waals surface area contributed by atoms with Crippen LogP contribution in [-0.4, -0.2) is 40.9 Å². The molecule has 0 aromatic rings. The number of halogens is 3. The molecule has 0 unspecified atom stereocenters. The Kier molecular flexibility index (Phi) is 4.88. The molecule has 0 fully saturated rings. The third kappa shape index (κ3) is 4.28. The van der Waals surface area contributed by atoms with Crippen LogP contribution >= 0.6 is 0 Å². The fourth-order valence-electron chi connectivity index (χ4n) is 1.32. The molecule has 0 spiro atoms. The summed E-state index contributed by atoms with van der Waals surface area (Å²) in [5.41, 5.74) is 0. The zero-order chi connectivity index (χ0) is 11.5. The molecule has 0 saturated carbocycles. The lowest BCUT2D eigenvalue weighted by Gasteiger charge is -2.32. The van der Waals surface area contributed by atoms with E-state index in [0.717, 1.165) is 0 Å². The van der Waals surface area contributed by atoms with Crippen LogP contribution in [0.4, 0.5) is 13.2 Å². The molecule has 0 rings (SSSR count). The van der Waals surface area contributed by atoms with Crippen LogP contribution in [0.2, 0.25) is 0 Å². The van der Waals surface area contributed by atoms with E-state index < -0.39 is 12.3 Å². The van der Waals surface area contributed by atoms with Crippen molar-refractivity contribution >= 4 is 0 Å². The lowest BCUT2D eigenvalue weighted by Crippen LogP contribution is -2.46. The number of aliphatic hydroxyl groups is 1. The van der Waals surface area contributed by atoms with E-state index in [0.29, 0.717) is 0 Å². The Morgan fingerprint density at radius 3 is 1.64 bits per heavy atom. The van der Waals surface area contributed by atoms with Gasteiger partial charge in [0.25, 0.3) is 0 Å². The minimum atomic E-state index is -4.53. The Labute approximate surface area is 82.7 Å². The summed E-state index contributed by atoms with van der Waals surface area (Å²) in [4.78, 5) is 1.61. The first kappa shape index (κ1) is 13.7. The molecule has 0 saturated heterocycles. The molecule has 0 bridgehead atoms. The first-order valence-electron chi connectivity index (χ1n) is 4.66. The molecule has 5 heteroatoms. The minimum Gasteiger partial charge on any atom is -0.382 e. The largest absolute Gasteiger partial charge is 0.415 e.